The summed E-state index contributed by atoms with van der Waals surface area (Å²) in [5.41, 5.74) is 1.65. The Morgan fingerprint density at radius 3 is 2.81 bits per heavy atom. The molecule has 1 aliphatic carbocycles. The van der Waals surface area contributed by atoms with E-state index in [0.717, 1.165) is 13.0 Å². The van der Waals surface area contributed by atoms with E-state index in [9.17, 15) is 0 Å². The van der Waals surface area contributed by atoms with Gasteiger partial charge in [-0.15, -0.1) is 0 Å². The second-order valence-corrected chi connectivity index (χ2v) is 5.57. The Bertz CT molecular complexity index is 348. The lowest BCUT2D eigenvalue weighted by Crippen LogP contribution is -2.45. The zero-order valence-corrected chi connectivity index (χ0v) is 10.9. The monoisotopic (exact) mass is 217 g/mol. The Morgan fingerprint density at radius 2 is 2.19 bits per heavy atom. The highest BCUT2D eigenvalue weighted by Crippen LogP contribution is 2.39. The van der Waals surface area contributed by atoms with Crippen LogP contribution in [-0.2, 0) is 0 Å². The van der Waals surface area contributed by atoms with E-state index in [2.05, 4.69) is 63.1 Å². The fraction of sp³-hybridized carbons (Fsp3) is 0.600. The maximum atomic E-state index is 2.49. The van der Waals surface area contributed by atoms with Crippen LogP contribution in [0.4, 0.5) is 0 Å². The van der Waals surface area contributed by atoms with Crippen molar-refractivity contribution in [2.75, 3.05) is 6.54 Å². The molecule has 1 aliphatic heterocycles. The van der Waals surface area contributed by atoms with Gasteiger partial charge in [0.25, 0.3) is 0 Å². The summed E-state index contributed by atoms with van der Waals surface area (Å²) in [6, 6.07) is 0. The van der Waals surface area contributed by atoms with Crippen molar-refractivity contribution in [3.63, 3.8) is 0 Å². The SMILES string of the molecule is CCC1=CC2C=CN(CC(C)C)C2(C)C=C1. The van der Waals surface area contributed by atoms with Crippen molar-refractivity contribution >= 4 is 0 Å². The van der Waals surface area contributed by atoms with Crippen LogP contribution in [0.25, 0.3) is 0 Å². The molecule has 2 rings (SSSR count). The third-order valence-corrected chi connectivity index (χ3v) is 3.77. The third-order valence-electron chi connectivity index (χ3n) is 3.77. The van der Waals surface area contributed by atoms with Gasteiger partial charge >= 0.3 is 0 Å². The standard InChI is InChI=1S/C15H23N/c1-5-13-6-8-15(4)14(10-13)7-9-16(15)11-12(2)3/h6-10,12,14H,5,11H2,1-4H3. The average molecular weight is 217 g/mol. The summed E-state index contributed by atoms with van der Waals surface area (Å²) in [5, 5.41) is 0. The summed E-state index contributed by atoms with van der Waals surface area (Å²) in [6.07, 6.45) is 12.9. The lowest BCUT2D eigenvalue weighted by Gasteiger charge is -2.40. The maximum Gasteiger partial charge on any atom is 0.0652 e. The summed E-state index contributed by atoms with van der Waals surface area (Å²) in [7, 11) is 0. The highest BCUT2D eigenvalue weighted by Gasteiger charge is 2.39. The zero-order valence-electron chi connectivity index (χ0n) is 10.9. The Kier molecular flexibility index (Phi) is 2.96. The van der Waals surface area contributed by atoms with Gasteiger partial charge < -0.3 is 4.90 Å². The molecule has 0 aromatic rings. The third kappa shape index (κ3) is 1.83. The molecule has 88 valence electrons. The molecule has 0 fully saturated rings. The van der Waals surface area contributed by atoms with Crippen molar-refractivity contribution in [3.05, 3.63) is 36.1 Å². The van der Waals surface area contributed by atoms with Gasteiger partial charge in [-0.3, -0.25) is 0 Å². The summed E-state index contributed by atoms with van der Waals surface area (Å²) >= 11 is 0. The van der Waals surface area contributed by atoms with Crippen molar-refractivity contribution < 1.29 is 0 Å². The molecule has 2 unspecified atom stereocenters. The quantitative estimate of drug-likeness (QED) is 0.696. The highest BCUT2D eigenvalue weighted by molar-refractivity contribution is 5.37. The first kappa shape index (κ1) is 11.5. The second-order valence-electron chi connectivity index (χ2n) is 5.57. The zero-order chi connectivity index (χ0) is 11.8. The first-order valence-electron chi connectivity index (χ1n) is 6.41. The number of nitrogens with zero attached hydrogens (tertiary/aromatic N) is 1. The van der Waals surface area contributed by atoms with Crippen LogP contribution in [-0.4, -0.2) is 17.0 Å². The highest BCUT2D eigenvalue weighted by atomic mass is 15.2. The maximum absolute atomic E-state index is 2.49. The fourth-order valence-corrected chi connectivity index (χ4v) is 2.62. The van der Waals surface area contributed by atoms with Crippen molar-refractivity contribution in [1.82, 2.24) is 4.90 Å². The summed E-state index contributed by atoms with van der Waals surface area (Å²) in [5.74, 6) is 1.27. The largest absolute Gasteiger partial charge is 0.368 e. The van der Waals surface area contributed by atoms with Gasteiger partial charge in [0, 0.05) is 12.5 Å². The molecular formula is C15H23N. The topological polar surface area (TPSA) is 3.24 Å². The Labute approximate surface area is 99.5 Å². The molecule has 0 aromatic heterocycles. The van der Waals surface area contributed by atoms with Crippen LogP contribution in [0, 0.1) is 11.8 Å². The van der Waals surface area contributed by atoms with Gasteiger partial charge in [-0.2, -0.15) is 0 Å². The molecule has 0 spiro atoms. The van der Waals surface area contributed by atoms with Gasteiger partial charge in [0.05, 0.1) is 5.54 Å². The summed E-state index contributed by atoms with van der Waals surface area (Å²) in [6.45, 7) is 10.3. The molecule has 1 nitrogen and oxygen atoms in total. The van der Waals surface area contributed by atoms with E-state index in [1.165, 1.54) is 5.57 Å². The fourth-order valence-electron chi connectivity index (χ4n) is 2.62. The van der Waals surface area contributed by atoms with Crippen LogP contribution in [0.5, 0.6) is 0 Å². The van der Waals surface area contributed by atoms with Crippen LogP contribution in [0.1, 0.15) is 34.1 Å². The summed E-state index contributed by atoms with van der Waals surface area (Å²) in [4.78, 5) is 2.49. The first-order valence-corrected chi connectivity index (χ1v) is 6.41. The number of hydrogen-bond donors (Lipinski definition) is 0. The van der Waals surface area contributed by atoms with Crippen LogP contribution in [0.2, 0.25) is 0 Å². The smallest absolute Gasteiger partial charge is 0.0652 e. The van der Waals surface area contributed by atoms with E-state index in [1.807, 2.05) is 0 Å². The van der Waals surface area contributed by atoms with Gasteiger partial charge in [0.2, 0.25) is 0 Å². The van der Waals surface area contributed by atoms with E-state index in [-0.39, 0.29) is 5.54 Å². The molecular weight excluding hydrogens is 194 g/mol. The van der Waals surface area contributed by atoms with Crippen LogP contribution >= 0.6 is 0 Å². The number of hydrogen-bond acceptors (Lipinski definition) is 1. The Balaban J connectivity index is 2.19. The predicted octanol–water partition coefficient (Wildman–Crippen LogP) is 3.75. The molecule has 16 heavy (non-hydrogen) atoms. The molecule has 1 heteroatoms. The lowest BCUT2D eigenvalue weighted by molar-refractivity contribution is 0.190. The van der Waals surface area contributed by atoms with Crippen LogP contribution in [0.15, 0.2) is 36.1 Å². The van der Waals surface area contributed by atoms with Crippen LogP contribution in [0.3, 0.4) is 0 Å². The van der Waals surface area contributed by atoms with Crippen LogP contribution < -0.4 is 0 Å². The van der Waals surface area contributed by atoms with Gasteiger partial charge in [-0.25, -0.2) is 0 Å². The van der Waals surface area contributed by atoms with E-state index >= 15 is 0 Å². The normalized spacial score (nSPS) is 32.2. The average Bonchev–Trinajstić information content (AvgIpc) is 2.55. The molecule has 0 saturated heterocycles. The predicted molar refractivity (Wildman–Crippen MR) is 70.1 cm³/mol. The van der Waals surface area contributed by atoms with Gasteiger partial charge in [-0.05, 0) is 25.5 Å². The van der Waals surface area contributed by atoms with E-state index in [1.54, 1.807) is 0 Å². The van der Waals surface area contributed by atoms with Crippen molar-refractivity contribution in [3.8, 4) is 0 Å². The minimum Gasteiger partial charge on any atom is -0.368 e. The Morgan fingerprint density at radius 1 is 1.44 bits per heavy atom. The van der Waals surface area contributed by atoms with Gasteiger partial charge in [-0.1, -0.05) is 50.6 Å². The molecule has 0 bridgehead atoms. The van der Waals surface area contributed by atoms with E-state index in [4.69, 9.17) is 0 Å². The van der Waals surface area contributed by atoms with Crippen molar-refractivity contribution in [1.29, 1.82) is 0 Å². The first-order chi connectivity index (χ1) is 7.56. The molecule has 0 saturated carbocycles. The molecule has 1 heterocycles. The number of fused-ring (bicyclic) bond motifs is 1. The molecule has 0 aromatic carbocycles. The number of allylic oxidation sites excluding steroid dienone is 2. The minimum absolute atomic E-state index is 0.183. The van der Waals surface area contributed by atoms with Gasteiger partial charge in [0.15, 0.2) is 0 Å². The summed E-state index contributed by atoms with van der Waals surface area (Å²) < 4.78 is 0. The van der Waals surface area contributed by atoms with Crippen molar-refractivity contribution in [2.45, 2.75) is 39.7 Å². The molecule has 2 aliphatic rings. The van der Waals surface area contributed by atoms with Gasteiger partial charge in [0.1, 0.15) is 0 Å². The lowest BCUT2D eigenvalue weighted by atomic mass is 9.80. The molecule has 0 amide bonds. The van der Waals surface area contributed by atoms with E-state index in [0.29, 0.717) is 11.8 Å². The Hall–Kier alpha value is -0.980. The molecule has 0 radical (unpaired) electrons. The molecule has 2 atom stereocenters. The van der Waals surface area contributed by atoms with E-state index < -0.39 is 0 Å². The minimum atomic E-state index is 0.183. The second kappa shape index (κ2) is 4.12. The van der Waals surface area contributed by atoms with Crippen molar-refractivity contribution in [2.24, 2.45) is 11.8 Å². The number of rotatable bonds is 3. The molecule has 0 N–H and O–H groups in total.